The van der Waals surface area contributed by atoms with E-state index in [9.17, 15) is 9.59 Å². The largest absolute Gasteiger partial charge is 0.462 e. The predicted molar refractivity (Wildman–Crippen MR) is 93.0 cm³/mol. The van der Waals surface area contributed by atoms with E-state index < -0.39 is 17.6 Å². The highest BCUT2D eigenvalue weighted by Crippen LogP contribution is 2.35. The van der Waals surface area contributed by atoms with E-state index in [0.717, 1.165) is 0 Å². The average molecular weight is 342 g/mol. The van der Waals surface area contributed by atoms with Crippen LogP contribution in [0, 0.1) is 23.7 Å². The fourth-order valence-corrected chi connectivity index (χ4v) is 3.13. The highest BCUT2D eigenvalue weighted by Gasteiger charge is 2.41. The Morgan fingerprint density at radius 1 is 1.33 bits per heavy atom. The minimum Gasteiger partial charge on any atom is -0.462 e. The van der Waals surface area contributed by atoms with Crippen molar-refractivity contribution in [2.24, 2.45) is 35.1 Å². The Kier molecular flexibility index (Phi) is 7.23. The number of carbonyl (C=O) groups excluding carboxylic acids is 2. The maximum atomic E-state index is 12.1. The molecule has 1 aliphatic rings. The lowest BCUT2D eigenvalue weighted by Gasteiger charge is -2.29. The zero-order valence-corrected chi connectivity index (χ0v) is 15.9. The smallest absolute Gasteiger partial charge is 0.323 e. The molecule has 1 fully saturated rings. The Labute approximate surface area is 145 Å². The van der Waals surface area contributed by atoms with E-state index in [1.165, 1.54) is 0 Å². The van der Waals surface area contributed by atoms with Crippen LogP contribution in [-0.2, 0) is 19.1 Å². The molecule has 0 spiro atoms. The van der Waals surface area contributed by atoms with Gasteiger partial charge in [-0.2, -0.15) is 0 Å². The Hall–Kier alpha value is -1.14. The summed E-state index contributed by atoms with van der Waals surface area (Å²) >= 11 is 0. The first-order valence-electron chi connectivity index (χ1n) is 8.85. The van der Waals surface area contributed by atoms with Crippen molar-refractivity contribution in [3.8, 4) is 0 Å². The molecule has 0 radical (unpaired) electrons. The molecule has 24 heavy (non-hydrogen) atoms. The molecule has 6 heteroatoms. The first-order chi connectivity index (χ1) is 11.0. The van der Waals surface area contributed by atoms with Crippen LogP contribution in [0.15, 0.2) is 0 Å². The van der Waals surface area contributed by atoms with E-state index in [-0.39, 0.29) is 35.7 Å². The van der Waals surface area contributed by atoms with Gasteiger partial charge in [0.2, 0.25) is 0 Å². The van der Waals surface area contributed by atoms with Crippen LogP contribution in [0.3, 0.4) is 0 Å². The molecule has 1 rings (SSSR count). The number of esters is 2. The molecule has 1 unspecified atom stereocenters. The van der Waals surface area contributed by atoms with Crippen LogP contribution in [0.1, 0.15) is 54.4 Å². The Morgan fingerprint density at radius 3 is 2.33 bits per heavy atom. The SMILES string of the molecule is CC([C@@H](CN)C[C@H](N)C(=O)OC(C)(C)C)[C@@H]1C[C@@H](C(C)C)C(=O)O1. The van der Waals surface area contributed by atoms with Gasteiger partial charge >= 0.3 is 11.9 Å². The summed E-state index contributed by atoms with van der Waals surface area (Å²) in [4.78, 5) is 24.1. The molecule has 0 aromatic heterocycles. The van der Waals surface area contributed by atoms with Gasteiger partial charge in [0.25, 0.3) is 0 Å². The number of nitrogens with two attached hydrogens (primary N) is 2. The molecule has 1 heterocycles. The first-order valence-corrected chi connectivity index (χ1v) is 8.85. The van der Waals surface area contributed by atoms with E-state index in [4.69, 9.17) is 20.9 Å². The van der Waals surface area contributed by atoms with Gasteiger partial charge in [0.1, 0.15) is 17.7 Å². The van der Waals surface area contributed by atoms with Crippen LogP contribution in [0.2, 0.25) is 0 Å². The molecule has 0 amide bonds. The van der Waals surface area contributed by atoms with Crippen molar-refractivity contribution in [2.75, 3.05) is 6.54 Å². The minimum atomic E-state index is -0.724. The fraction of sp³-hybridized carbons (Fsp3) is 0.889. The average Bonchev–Trinajstić information content (AvgIpc) is 2.84. The maximum Gasteiger partial charge on any atom is 0.323 e. The van der Waals surface area contributed by atoms with Crippen molar-refractivity contribution >= 4 is 11.9 Å². The zero-order chi connectivity index (χ0) is 18.7. The second-order valence-corrected chi connectivity index (χ2v) is 8.29. The number of cyclic esters (lactones) is 1. The van der Waals surface area contributed by atoms with Gasteiger partial charge in [0.15, 0.2) is 0 Å². The maximum absolute atomic E-state index is 12.1. The van der Waals surface area contributed by atoms with Crippen molar-refractivity contribution in [3.05, 3.63) is 0 Å². The second-order valence-electron chi connectivity index (χ2n) is 8.29. The number of carbonyl (C=O) groups is 2. The third kappa shape index (κ3) is 5.74. The van der Waals surface area contributed by atoms with E-state index in [2.05, 4.69) is 0 Å². The van der Waals surface area contributed by atoms with Crippen molar-refractivity contribution in [1.29, 1.82) is 0 Å². The van der Waals surface area contributed by atoms with E-state index in [1.807, 2.05) is 41.5 Å². The van der Waals surface area contributed by atoms with Crippen LogP contribution < -0.4 is 11.5 Å². The van der Waals surface area contributed by atoms with Gasteiger partial charge in [0, 0.05) is 0 Å². The molecule has 0 aliphatic carbocycles. The fourth-order valence-electron chi connectivity index (χ4n) is 3.13. The van der Waals surface area contributed by atoms with Crippen molar-refractivity contribution in [2.45, 2.75) is 72.1 Å². The quantitative estimate of drug-likeness (QED) is 0.684. The van der Waals surface area contributed by atoms with E-state index >= 15 is 0 Å². The van der Waals surface area contributed by atoms with Gasteiger partial charge in [0.05, 0.1) is 5.92 Å². The van der Waals surface area contributed by atoms with E-state index in [1.54, 1.807) is 0 Å². The van der Waals surface area contributed by atoms with Gasteiger partial charge in [-0.1, -0.05) is 20.8 Å². The summed E-state index contributed by atoms with van der Waals surface area (Å²) < 4.78 is 10.9. The molecule has 1 saturated heterocycles. The number of ether oxygens (including phenoxy) is 2. The van der Waals surface area contributed by atoms with Crippen LogP contribution in [0.25, 0.3) is 0 Å². The highest BCUT2D eigenvalue weighted by atomic mass is 16.6. The lowest BCUT2D eigenvalue weighted by Crippen LogP contribution is -2.42. The molecule has 0 aromatic carbocycles. The third-order valence-electron chi connectivity index (χ3n) is 4.76. The van der Waals surface area contributed by atoms with E-state index in [0.29, 0.717) is 19.4 Å². The monoisotopic (exact) mass is 342 g/mol. The lowest BCUT2D eigenvalue weighted by molar-refractivity contribution is -0.157. The summed E-state index contributed by atoms with van der Waals surface area (Å²) in [6.45, 7) is 11.9. The summed E-state index contributed by atoms with van der Waals surface area (Å²) in [5.41, 5.74) is 11.3. The Bertz CT molecular complexity index is 445. The van der Waals surface area contributed by atoms with Gasteiger partial charge in [-0.05, 0) is 57.9 Å². The lowest BCUT2D eigenvalue weighted by atomic mass is 9.81. The summed E-state index contributed by atoms with van der Waals surface area (Å²) in [7, 11) is 0. The van der Waals surface area contributed by atoms with Gasteiger partial charge in [-0.25, -0.2) is 0 Å². The van der Waals surface area contributed by atoms with Gasteiger partial charge < -0.3 is 20.9 Å². The minimum absolute atomic E-state index is 0.00349. The van der Waals surface area contributed by atoms with Crippen molar-refractivity contribution < 1.29 is 19.1 Å². The molecule has 4 N–H and O–H groups in total. The van der Waals surface area contributed by atoms with Crippen LogP contribution in [0.4, 0.5) is 0 Å². The van der Waals surface area contributed by atoms with Crippen LogP contribution in [0.5, 0.6) is 0 Å². The molecule has 1 aliphatic heterocycles. The number of hydrogen-bond acceptors (Lipinski definition) is 6. The standard InChI is InChI=1S/C18H34N2O4/c1-10(2)13-8-15(23-16(13)21)11(3)12(9-19)7-14(20)17(22)24-18(4,5)6/h10-15H,7-9,19-20H2,1-6H3/t11?,12-,13+,14+,15+/m1/s1. The molecule has 5 atom stereocenters. The summed E-state index contributed by atoms with van der Waals surface area (Å²) in [5, 5.41) is 0. The molecule has 0 aromatic rings. The zero-order valence-electron chi connectivity index (χ0n) is 15.9. The Balaban J connectivity index is 2.66. The summed E-state index contributed by atoms with van der Waals surface area (Å²) in [5.74, 6) is -0.302. The first kappa shape index (κ1) is 20.9. The summed E-state index contributed by atoms with van der Waals surface area (Å²) in [6, 6.07) is -0.724. The topological polar surface area (TPSA) is 105 Å². The molecule has 140 valence electrons. The Morgan fingerprint density at radius 2 is 1.92 bits per heavy atom. The van der Waals surface area contributed by atoms with Crippen molar-refractivity contribution in [1.82, 2.24) is 0 Å². The normalized spacial score (nSPS) is 25.3. The van der Waals surface area contributed by atoms with Crippen LogP contribution >= 0.6 is 0 Å². The molecular formula is C18H34N2O4. The number of hydrogen-bond donors (Lipinski definition) is 2. The summed E-state index contributed by atoms with van der Waals surface area (Å²) in [6.07, 6.45) is 0.965. The molecule has 6 nitrogen and oxygen atoms in total. The predicted octanol–water partition coefficient (Wildman–Crippen LogP) is 1.84. The van der Waals surface area contributed by atoms with Crippen LogP contribution in [-0.4, -0.2) is 36.2 Å². The van der Waals surface area contributed by atoms with Gasteiger partial charge in [-0.15, -0.1) is 0 Å². The van der Waals surface area contributed by atoms with Crippen molar-refractivity contribution in [3.63, 3.8) is 0 Å². The molecular weight excluding hydrogens is 308 g/mol. The van der Waals surface area contributed by atoms with Gasteiger partial charge in [-0.3, -0.25) is 9.59 Å². The second kappa shape index (κ2) is 8.30. The number of rotatable bonds is 7. The molecule has 0 saturated carbocycles. The molecule has 0 bridgehead atoms. The third-order valence-corrected chi connectivity index (χ3v) is 4.76. The highest BCUT2D eigenvalue weighted by molar-refractivity contribution is 5.76.